The number of aliphatic carboxylic acids is 1. The summed E-state index contributed by atoms with van der Waals surface area (Å²) in [4.78, 5) is 16.2. The molecular weight excluding hydrogens is 516 g/mol. The largest absolute Gasteiger partial charge is 0.493 e. The maximum atomic E-state index is 13.7. The molecule has 39 heavy (non-hydrogen) atoms. The lowest BCUT2D eigenvalue weighted by molar-refractivity contribution is -0.136. The normalized spacial score (nSPS) is 15.1. The summed E-state index contributed by atoms with van der Waals surface area (Å²) in [5.41, 5.74) is 3.77. The second-order valence-corrected chi connectivity index (χ2v) is 11.5. The minimum Gasteiger partial charge on any atom is -0.493 e. The van der Waals surface area contributed by atoms with Crippen LogP contribution in [0.15, 0.2) is 82.1 Å². The Bertz CT molecular complexity index is 1570. The van der Waals surface area contributed by atoms with Crippen molar-refractivity contribution >= 4 is 15.8 Å². The zero-order valence-electron chi connectivity index (χ0n) is 21.6. The van der Waals surface area contributed by atoms with Gasteiger partial charge in [0, 0.05) is 30.5 Å². The van der Waals surface area contributed by atoms with Crippen LogP contribution in [0.1, 0.15) is 39.9 Å². The molecule has 9 heteroatoms. The van der Waals surface area contributed by atoms with E-state index in [1.54, 1.807) is 36.4 Å². The summed E-state index contributed by atoms with van der Waals surface area (Å²) in [5.74, 6) is 0.946. The van der Waals surface area contributed by atoms with Crippen molar-refractivity contribution in [1.29, 1.82) is 0 Å². The molecule has 0 spiro atoms. The Hall–Kier alpha value is -3.95. The standard InChI is InChI=1S/C30H30N2O6S/c1-20-25(32-29(38-20)22-8-4-2-5-9-22)17-19-37-26-14-12-21(13-15-27(33)34)28-24(26)16-18-31-30(28)39(35,36)23-10-6-3-7-11-23/h2-12,14,30-31H,13,15-19H2,1H3,(H,33,34). The SMILES string of the molecule is Cc1oc(-c2ccccc2)nc1CCOc1ccc(CCC(=O)O)c2c1CCNC2S(=O)(=O)c1ccccc1. The molecule has 8 nitrogen and oxygen atoms in total. The first-order valence-corrected chi connectivity index (χ1v) is 14.4. The number of benzene rings is 3. The van der Waals surface area contributed by atoms with E-state index in [1.165, 1.54) is 0 Å². The van der Waals surface area contributed by atoms with Gasteiger partial charge in [-0.15, -0.1) is 0 Å². The molecule has 1 aliphatic heterocycles. The molecule has 202 valence electrons. The molecule has 0 bridgehead atoms. The number of nitrogens with one attached hydrogen (secondary N) is 1. The Kier molecular flexibility index (Phi) is 7.81. The highest BCUT2D eigenvalue weighted by Crippen LogP contribution is 2.39. The third kappa shape index (κ3) is 5.74. The van der Waals surface area contributed by atoms with Gasteiger partial charge in [-0.3, -0.25) is 10.1 Å². The van der Waals surface area contributed by atoms with Gasteiger partial charge in [0.15, 0.2) is 9.84 Å². The van der Waals surface area contributed by atoms with E-state index in [9.17, 15) is 18.3 Å². The van der Waals surface area contributed by atoms with Gasteiger partial charge in [0.05, 0.1) is 17.2 Å². The molecule has 1 unspecified atom stereocenters. The zero-order valence-corrected chi connectivity index (χ0v) is 22.4. The maximum Gasteiger partial charge on any atom is 0.303 e. The third-order valence-electron chi connectivity index (χ3n) is 6.87. The lowest BCUT2D eigenvalue weighted by Gasteiger charge is -2.30. The number of fused-ring (bicyclic) bond motifs is 1. The number of hydrogen-bond donors (Lipinski definition) is 2. The highest BCUT2D eigenvalue weighted by atomic mass is 32.2. The second kappa shape index (κ2) is 11.4. The number of aryl methyl sites for hydroxylation is 2. The van der Waals surface area contributed by atoms with Crippen LogP contribution in [0.5, 0.6) is 5.75 Å². The summed E-state index contributed by atoms with van der Waals surface area (Å²) in [6, 6.07) is 21.6. The summed E-state index contributed by atoms with van der Waals surface area (Å²) in [6.07, 6.45) is 1.20. The number of ether oxygens (including phenoxy) is 1. The van der Waals surface area contributed by atoms with Gasteiger partial charge in [0.25, 0.3) is 0 Å². The van der Waals surface area contributed by atoms with Crippen LogP contribution in [-0.2, 0) is 33.9 Å². The van der Waals surface area contributed by atoms with Gasteiger partial charge in [-0.1, -0.05) is 42.5 Å². The van der Waals surface area contributed by atoms with Crippen LogP contribution in [0.25, 0.3) is 11.5 Å². The fourth-order valence-electron chi connectivity index (χ4n) is 4.94. The lowest BCUT2D eigenvalue weighted by Crippen LogP contribution is -2.36. The molecule has 1 aromatic heterocycles. The van der Waals surface area contributed by atoms with Gasteiger partial charge in [-0.05, 0) is 61.2 Å². The number of carboxylic acids is 1. The molecule has 1 atom stereocenters. The molecule has 0 fully saturated rings. The van der Waals surface area contributed by atoms with E-state index >= 15 is 0 Å². The number of hydrogen-bond acceptors (Lipinski definition) is 7. The molecule has 4 aromatic rings. The number of sulfone groups is 1. The fourth-order valence-corrected chi connectivity index (χ4v) is 6.69. The second-order valence-electron chi connectivity index (χ2n) is 9.44. The Labute approximate surface area is 227 Å². The number of nitrogens with zero attached hydrogens (tertiary/aromatic N) is 1. The average molecular weight is 547 g/mol. The summed E-state index contributed by atoms with van der Waals surface area (Å²) in [5, 5.41) is 11.5. The van der Waals surface area contributed by atoms with Gasteiger partial charge in [0.1, 0.15) is 16.9 Å². The molecular formula is C30H30N2O6S. The van der Waals surface area contributed by atoms with Crippen molar-refractivity contribution in [2.75, 3.05) is 13.2 Å². The van der Waals surface area contributed by atoms with Gasteiger partial charge in [-0.25, -0.2) is 13.4 Å². The molecule has 0 saturated carbocycles. The zero-order chi connectivity index (χ0) is 27.4. The molecule has 2 heterocycles. The average Bonchev–Trinajstić information content (AvgIpc) is 3.33. The predicted molar refractivity (Wildman–Crippen MR) is 146 cm³/mol. The van der Waals surface area contributed by atoms with Gasteiger partial charge in [0.2, 0.25) is 5.89 Å². The van der Waals surface area contributed by atoms with Crippen molar-refractivity contribution in [3.05, 3.63) is 101 Å². The maximum absolute atomic E-state index is 13.7. The van der Waals surface area contributed by atoms with Crippen LogP contribution >= 0.6 is 0 Å². The summed E-state index contributed by atoms with van der Waals surface area (Å²) < 4.78 is 39.4. The molecule has 3 aromatic carbocycles. The van der Waals surface area contributed by atoms with Crippen molar-refractivity contribution in [2.24, 2.45) is 0 Å². The van der Waals surface area contributed by atoms with Crippen LogP contribution in [0.2, 0.25) is 0 Å². The molecule has 1 aliphatic rings. The van der Waals surface area contributed by atoms with Crippen LogP contribution in [0.3, 0.4) is 0 Å². The van der Waals surface area contributed by atoms with E-state index in [-0.39, 0.29) is 17.7 Å². The van der Waals surface area contributed by atoms with E-state index in [2.05, 4.69) is 10.3 Å². The predicted octanol–water partition coefficient (Wildman–Crippen LogP) is 4.91. The minimum absolute atomic E-state index is 0.0973. The molecule has 2 N–H and O–H groups in total. The topological polar surface area (TPSA) is 119 Å². The van der Waals surface area contributed by atoms with Crippen LogP contribution in [0, 0.1) is 6.92 Å². The quantitative estimate of drug-likeness (QED) is 0.288. The number of aromatic nitrogens is 1. The van der Waals surface area contributed by atoms with Crippen LogP contribution in [-0.4, -0.2) is 37.6 Å². The van der Waals surface area contributed by atoms with Crippen molar-refractivity contribution in [3.63, 3.8) is 0 Å². The monoisotopic (exact) mass is 546 g/mol. The van der Waals surface area contributed by atoms with E-state index in [4.69, 9.17) is 9.15 Å². The summed E-state index contributed by atoms with van der Waals surface area (Å²) in [7, 11) is -3.78. The molecule has 0 aliphatic carbocycles. The molecule has 5 rings (SSSR count). The minimum atomic E-state index is -3.78. The van der Waals surface area contributed by atoms with Crippen LogP contribution in [0.4, 0.5) is 0 Å². The van der Waals surface area contributed by atoms with Crippen molar-refractivity contribution in [3.8, 4) is 17.2 Å². The number of carbonyl (C=O) groups is 1. The Morgan fingerprint density at radius 2 is 1.77 bits per heavy atom. The first-order chi connectivity index (χ1) is 18.8. The molecule has 0 radical (unpaired) electrons. The van der Waals surface area contributed by atoms with E-state index in [0.717, 1.165) is 22.6 Å². The molecule has 0 saturated heterocycles. The number of oxazole rings is 1. The first-order valence-electron chi connectivity index (χ1n) is 12.9. The van der Waals surface area contributed by atoms with E-state index in [0.29, 0.717) is 48.8 Å². The fraction of sp³-hybridized carbons (Fsp3) is 0.267. The highest BCUT2D eigenvalue weighted by Gasteiger charge is 2.36. The smallest absolute Gasteiger partial charge is 0.303 e. The number of rotatable bonds is 10. The van der Waals surface area contributed by atoms with Gasteiger partial charge >= 0.3 is 5.97 Å². The summed E-state index contributed by atoms with van der Waals surface area (Å²) >= 11 is 0. The Morgan fingerprint density at radius 1 is 1.05 bits per heavy atom. The van der Waals surface area contributed by atoms with Gasteiger partial charge in [-0.2, -0.15) is 0 Å². The number of carboxylic acid groups (broad SMARTS) is 1. The molecule has 0 amide bonds. The Morgan fingerprint density at radius 3 is 2.49 bits per heavy atom. The van der Waals surface area contributed by atoms with E-state index < -0.39 is 21.2 Å². The van der Waals surface area contributed by atoms with Crippen molar-refractivity contribution < 1.29 is 27.5 Å². The van der Waals surface area contributed by atoms with Crippen molar-refractivity contribution in [2.45, 2.75) is 42.9 Å². The first kappa shape index (κ1) is 26.6. The lowest BCUT2D eigenvalue weighted by atomic mass is 9.92. The summed E-state index contributed by atoms with van der Waals surface area (Å²) in [6.45, 7) is 2.65. The van der Waals surface area contributed by atoms with Crippen LogP contribution < -0.4 is 10.1 Å². The third-order valence-corrected chi connectivity index (χ3v) is 8.82. The van der Waals surface area contributed by atoms with Crippen molar-refractivity contribution in [1.82, 2.24) is 10.3 Å². The van der Waals surface area contributed by atoms with Gasteiger partial charge < -0.3 is 14.3 Å². The highest BCUT2D eigenvalue weighted by molar-refractivity contribution is 7.91. The Balaban J connectivity index is 1.42. The van der Waals surface area contributed by atoms with E-state index in [1.807, 2.05) is 43.3 Å².